The van der Waals surface area contributed by atoms with Crippen molar-refractivity contribution in [2.45, 2.75) is 87.5 Å². The number of aliphatic hydroxyl groups is 2. The van der Waals surface area contributed by atoms with Crippen molar-refractivity contribution >= 4 is 17.9 Å². The van der Waals surface area contributed by atoms with E-state index in [0.717, 1.165) is 0 Å². The van der Waals surface area contributed by atoms with Crippen LogP contribution in [-0.4, -0.2) is 135 Å². The van der Waals surface area contributed by atoms with Crippen LogP contribution in [0.15, 0.2) is 30.3 Å². The van der Waals surface area contributed by atoms with E-state index in [1.807, 2.05) is 6.92 Å². The fourth-order valence-corrected chi connectivity index (χ4v) is 12.7. The zero-order chi connectivity index (χ0) is 35.3. The molecule has 6 aliphatic rings. The molecule has 1 spiro atoms. The number of rotatable bonds is 10. The van der Waals surface area contributed by atoms with Crippen molar-refractivity contribution in [2.75, 3.05) is 48.1 Å². The van der Waals surface area contributed by atoms with Gasteiger partial charge in [-0.1, -0.05) is 25.1 Å². The number of esters is 3. The van der Waals surface area contributed by atoms with Gasteiger partial charge in [-0.05, 0) is 31.0 Å². The Balaban J connectivity index is 1.53. The van der Waals surface area contributed by atoms with E-state index in [4.69, 9.17) is 33.2 Å². The van der Waals surface area contributed by atoms with Crippen LogP contribution in [0.2, 0.25) is 0 Å². The number of hydrogen-bond donors (Lipinski definition) is 2. The predicted octanol–water partition coefficient (Wildman–Crippen LogP) is 1.22. The average Bonchev–Trinajstić information content (AvgIpc) is 3.44. The summed E-state index contributed by atoms with van der Waals surface area (Å²) in [4.78, 5) is 42.2. The molecule has 1 aliphatic heterocycles. The molecule has 7 rings (SSSR count). The van der Waals surface area contributed by atoms with Gasteiger partial charge >= 0.3 is 17.9 Å². The number of nitrogens with zero attached hydrogens (tertiary/aromatic N) is 1. The minimum Gasteiger partial charge on any atom is -0.462 e. The van der Waals surface area contributed by atoms with E-state index in [2.05, 4.69) is 4.90 Å². The monoisotopic (exact) mass is 687 g/mol. The molecule has 270 valence electrons. The summed E-state index contributed by atoms with van der Waals surface area (Å²) in [7, 11) is 6.25. The van der Waals surface area contributed by atoms with Crippen molar-refractivity contribution in [3.05, 3.63) is 35.9 Å². The number of ether oxygens (including phenoxy) is 7. The van der Waals surface area contributed by atoms with Crippen molar-refractivity contribution < 1.29 is 57.8 Å². The molecule has 0 amide bonds. The Hall–Kier alpha value is -2.65. The first-order valence-corrected chi connectivity index (χ1v) is 17.2. The molecule has 15 atom stereocenters. The van der Waals surface area contributed by atoms with Gasteiger partial charge in [0.2, 0.25) is 0 Å². The topological polar surface area (TPSA) is 160 Å². The standard InChI is InChI=1S/C36H49NO12/c1-8-37-16-33(17-43-4)22(47-18(2)38)14-23(44-5)35-21-15-34(42)30(48-32(41)20-12-10-9-11-13-20)24(21)36(49-19(3)39,29(40)31(34)46-7)25(28(35)37)26(45-6)27(33)35/h9-13,21-31,40,42H,8,14-17H2,1-7H3/t21-,22-,23+,24-,25+,26+,27-,28-,29+,30-,31-,33+,34-,35+,36-/m1/s1. The fraction of sp³-hybridized carbons (Fsp3) is 0.750. The summed E-state index contributed by atoms with van der Waals surface area (Å²) in [5.74, 6) is -4.24. The van der Waals surface area contributed by atoms with E-state index in [0.29, 0.717) is 19.5 Å². The van der Waals surface area contributed by atoms with Crippen LogP contribution in [0.1, 0.15) is 44.0 Å². The van der Waals surface area contributed by atoms with Crippen LogP contribution in [0.3, 0.4) is 0 Å². The van der Waals surface area contributed by atoms with Crippen LogP contribution in [0.4, 0.5) is 0 Å². The molecule has 13 heteroatoms. The van der Waals surface area contributed by atoms with E-state index >= 15 is 0 Å². The number of carbonyl (C=O) groups is 3. The first-order valence-electron chi connectivity index (χ1n) is 17.2. The van der Waals surface area contributed by atoms with E-state index in [1.54, 1.807) is 51.7 Å². The van der Waals surface area contributed by atoms with Gasteiger partial charge in [-0.15, -0.1) is 0 Å². The third-order valence-electron chi connectivity index (χ3n) is 13.4. The number of carbonyl (C=O) groups excluding carboxylic acids is 3. The quantitative estimate of drug-likeness (QED) is 0.267. The normalized spacial score (nSPS) is 47.4. The number of hydrogen-bond acceptors (Lipinski definition) is 13. The largest absolute Gasteiger partial charge is 0.462 e. The summed E-state index contributed by atoms with van der Waals surface area (Å²) in [6, 6.07) is 8.12. The Morgan fingerprint density at radius 2 is 1.63 bits per heavy atom. The Kier molecular flexibility index (Phi) is 8.49. The first-order chi connectivity index (χ1) is 23.4. The van der Waals surface area contributed by atoms with Crippen LogP contribution < -0.4 is 0 Å². The zero-order valence-corrected chi connectivity index (χ0v) is 29.2. The Bertz CT molecular complexity index is 1480. The molecule has 6 fully saturated rings. The van der Waals surface area contributed by atoms with Gasteiger partial charge in [0.05, 0.1) is 24.4 Å². The molecule has 0 radical (unpaired) electrons. The lowest BCUT2D eigenvalue weighted by Gasteiger charge is -2.70. The maximum atomic E-state index is 13.8. The predicted molar refractivity (Wildman–Crippen MR) is 170 cm³/mol. The number of benzene rings is 1. The smallest absolute Gasteiger partial charge is 0.338 e. The molecule has 0 aromatic heterocycles. The summed E-state index contributed by atoms with van der Waals surface area (Å²) < 4.78 is 43.9. The molecule has 1 saturated heterocycles. The molecule has 49 heavy (non-hydrogen) atoms. The van der Waals surface area contributed by atoms with Gasteiger partial charge in [-0.3, -0.25) is 14.5 Å². The molecule has 0 unspecified atom stereocenters. The van der Waals surface area contributed by atoms with Crippen LogP contribution in [0.5, 0.6) is 0 Å². The molecule has 5 saturated carbocycles. The lowest BCUT2D eigenvalue weighted by molar-refractivity contribution is -0.322. The van der Waals surface area contributed by atoms with Crippen molar-refractivity contribution in [2.24, 2.45) is 34.5 Å². The second-order valence-corrected chi connectivity index (χ2v) is 15.0. The summed E-state index contributed by atoms with van der Waals surface area (Å²) in [5.41, 5.74) is -4.92. The molecule has 1 aromatic rings. The molecule has 13 nitrogen and oxygen atoms in total. The molecule has 2 N–H and O–H groups in total. The molecular weight excluding hydrogens is 638 g/mol. The zero-order valence-electron chi connectivity index (χ0n) is 29.2. The average molecular weight is 688 g/mol. The van der Waals surface area contributed by atoms with E-state index in [-0.39, 0.29) is 24.6 Å². The van der Waals surface area contributed by atoms with Gasteiger partial charge < -0.3 is 43.4 Å². The minimum atomic E-state index is -1.86. The lowest BCUT2D eigenvalue weighted by Crippen LogP contribution is -2.81. The molecule has 1 heterocycles. The van der Waals surface area contributed by atoms with Crippen LogP contribution in [0.25, 0.3) is 0 Å². The van der Waals surface area contributed by atoms with Crippen molar-refractivity contribution in [3.63, 3.8) is 0 Å². The lowest BCUT2D eigenvalue weighted by atomic mass is 9.42. The number of methoxy groups -OCH3 is 4. The van der Waals surface area contributed by atoms with Gasteiger partial charge in [0, 0.05) is 89.9 Å². The van der Waals surface area contributed by atoms with Gasteiger partial charge in [-0.2, -0.15) is 0 Å². The molecule has 1 aromatic carbocycles. The van der Waals surface area contributed by atoms with Crippen LogP contribution in [0, 0.1) is 34.5 Å². The number of piperidine rings is 1. The van der Waals surface area contributed by atoms with E-state index < -0.39 is 100 Å². The summed E-state index contributed by atoms with van der Waals surface area (Å²) in [5, 5.41) is 25.5. The van der Waals surface area contributed by atoms with Crippen molar-refractivity contribution in [3.8, 4) is 0 Å². The van der Waals surface area contributed by atoms with Crippen molar-refractivity contribution in [1.82, 2.24) is 4.90 Å². The van der Waals surface area contributed by atoms with E-state index in [1.165, 1.54) is 21.0 Å². The van der Waals surface area contributed by atoms with Crippen molar-refractivity contribution in [1.29, 1.82) is 0 Å². The summed E-state index contributed by atoms with van der Waals surface area (Å²) >= 11 is 0. The third-order valence-corrected chi connectivity index (χ3v) is 13.4. The highest BCUT2D eigenvalue weighted by Crippen LogP contribution is 2.80. The number of aliphatic hydroxyl groups excluding tert-OH is 1. The molecule has 7 bridgehead atoms. The fourth-order valence-electron chi connectivity index (χ4n) is 12.7. The second kappa shape index (κ2) is 12.0. The second-order valence-electron chi connectivity index (χ2n) is 15.0. The third kappa shape index (κ3) is 4.21. The van der Waals surface area contributed by atoms with Crippen LogP contribution >= 0.6 is 0 Å². The maximum Gasteiger partial charge on any atom is 0.338 e. The van der Waals surface area contributed by atoms with Gasteiger partial charge in [0.1, 0.15) is 30.0 Å². The Labute approximate surface area is 286 Å². The minimum absolute atomic E-state index is 0.0534. The maximum absolute atomic E-state index is 13.8. The SMILES string of the molecule is CCN1C[C@@]2(COC)[C@H]3[C@@H](OC)[C@H]4[C@@H]1[C@]3([C@@H](OC)C[C@H]2OC(C)=O)[C@@H]1C[C@@]2(O)[C@H](OC(=O)c3ccccc3)[C@@H]1[C@]4(OC(C)=O)[C@@H](O)[C@H]2OC. The first kappa shape index (κ1) is 34.8. The van der Waals surface area contributed by atoms with Crippen LogP contribution in [-0.2, 0) is 42.7 Å². The Morgan fingerprint density at radius 3 is 2.20 bits per heavy atom. The van der Waals surface area contributed by atoms with Gasteiger partial charge in [0.15, 0.2) is 5.60 Å². The highest BCUT2D eigenvalue weighted by atomic mass is 16.6. The van der Waals surface area contributed by atoms with E-state index in [9.17, 15) is 24.6 Å². The molecular formula is C36H49NO12. The number of fused-ring (bicyclic) bond motifs is 2. The van der Waals surface area contributed by atoms with Gasteiger partial charge in [0.25, 0.3) is 0 Å². The highest BCUT2D eigenvalue weighted by molar-refractivity contribution is 5.89. The summed E-state index contributed by atoms with van der Waals surface area (Å²) in [6.45, 7) is 5.99. The Morgan fingerprint density at radius 1 is 0.918 bits per heavy atom. The highest BCUT2D eigenvalue weighted by Gasteiger charge is 2.92. The van der Waals surface area contributed by atoms with Gasteiger partial charge in [-0.25, -0.2) is 4.79 Å². The number of likely N-dealkylation sites (tertiary alicyclic amines) is 1. The summed E-state index contributed by atoms with van der Waals surface area (Å²) in [6.07, 6.45) is -5.45. The molecule has 5 aliphatic carbocycles.